The van der Waals surface area contributed by atoms with E-state index in [0.717, 1.165) is 19.3 Å². The molecule has 1 unspecified atom stereocenters. The summed E-state index contributed by atoms with van der Waals surface area (Å²) in [7, 11) is 0. The van der Waals surface area contributed by atoms with Crippen LogP contribution >= 0.6 is 0 Å². The summed E-state index contributed by atoms with van der Waals surface area (Å²) in [6.07, 6.45) is 9.02. The number of nitrogens with one attached hydrogen (secondary N) is 1. The smallest absolute Gasteiger partial charge is 0.223 e. The molecule has 0 spiro atoms. The Bertz CT molecular complexity index is 200. The number of rotatable bonds is 6. The molecule has 1 atom stereocenters. The highest BCUT2D eigenvalue weighted by molar-refractivity contribution is 5.78. The Labute approximate surface area is 99.2 Å². The molecule has 0 aromatic heterocycles. The monoisotopic (exact) mass is 226 g/mol. The first kappa shape index (κ1) is 13.5. The molecule has 0 aliphatic heterocycles. The number of hydrogen-bond acceptors (Lipinski definition) is 2. The first-order valence-electron chi connectivity index (χ1n) is 6.78. The summed E-state index contributed by atoms with van der Waals surface area (Å²) in [6, 6.07) is 0.438. The van der Waals surface area contributed by atoms with Crippen molar-refractivity contribution in [3.63, 3.8) is 0 Å². The first-order chi connectivity index (χ1) is 7.77. The van der Waals surface area contributed by atoms with E-state index in [1.54, 1.807) is 0 Å². The standard InChI is InChI=1S/C13H26N2O/c1-2-11(7-6-10-14)13(16)15-12-8-4-3-5-9-12/h11-12H,2-10,14H2,1H3,(H,15,16). The van der Waals surface area contributed by atoms with Crippen LogP contribution in [0, 0.1) is 5.92 Å². The molecule has 94 valence electrons. The van der Waals surface area contributed by atoms with Crippen LogP contribution in [0.3, 0.4) is 0 Å². The number of amides is 1. The van der Waals surface area contributed by atoms with E-state index in [0.29, 0.717) is 12.6 Å². The summed E-state index contributed by atoms with van der Waals surface area (Å²) >= 11 is 0. The minimum atomic E-state index is 0.172. The van der Waals surface area contributed by atoms with Crippen molar-refractivity contribution in [1.82, 2.24) is 5.32 Å². The van der Waals surface area contributed by atoms with Gasteiger partial charge in [-0.05, 0) is 38.6 Å². The van der Waals surface area contributed by atoms with Crippen molar-refractivity contribution in [2.45, 2.75) is 64.3 Å². The first-order valence-corrected chi connectivity index (χ1v) is 6.78. The molecule has 1 fully saturated rings. The van der Waals surface area contributed by atoms with Crippen LogP contribution in [0.25, 0.3) is 0 Å². The van der Waals surface area contributed by atoms with Gasteiger partial charge in [-0.2, -0.15) is 0 Å². The van der Waals surface area contributed by atoms with E-state index in [1.807, 2.05) is 0 Å². The third kappa shape index (κ3) is 4.52. The SMILES string of the molecule is CCC(CCCN)C(=O)NC1CCCCC1. The predicted octanol–water partition coefficient (Wildman–Crippen LogP) is 2.20. The molecule has 0 aromatic carbocycles. The molecule has 1 saturated carbocycles. The van der Waals surface area contributed by atoms with Crippen LogP contribution in [0.1, 0.15) is 58.3 Å². The van der Waals surface area contributed by atoms with Crippen LogP contribution in [-0.2, 0) is 4.79 Å². The lowest BCUT2D eigenvalue weighted by molar-refractivity contribution is -0.126. The second kappa shape index (κ2) is 7.66. The summed E-state index contributed by atoms with van der Waals surface area (Å²) < 4.78 is 0. The van der Waals surface area contributed by atoms with Gasteiger partial charge in [-0.15, -0.1) is 0 Å². The number of nitrogens with two attached hydrogens (primary N) is 1. The van der Waals surface area contributed by atoms with E-state index >= 15 is 0 Å². The molecule has 0 bridgehead atoms. The van der Waals surface area contributed by atoms with Crippen LogP contribution in [0.15, 0.2) is 0 Å². The molecule has 3 N–H and O–H groups in total. The fourth-order valence-corrected chi connectivity index (χ4v) is 2.45. The van der Waals surface area contributed by atoms with Crippen molar-refractivity contribution in [3.05, 3.63) is 0 Å². The quantitative estimate of drug-likeness (QED) is 0.729. The highest BCUT2D eigenvalue weighted by Gasteiger charge is 2.20. The zero-order valence-corrected chi connectivity index (χ0v) is 10.5. The minimum absolute atomic E-state index is 0.172. The van der Waals surface area contributed by atoms with Gasteiger partial charge in [-0.25, -0.2) is 0 Å². The molecule has 1 aliphatic carbocycles. The van der Waals surface area contributed by atoms with Gasteiger partial charge in [0.15, 0.2) is 0 Å². The number of carbonyl (C=O) groups is 1. The zero-order chi connectivity index (χ0) is 11.8. The van der Waals surface area contributed by atoms with Gasteiger partial charge in [0.1, 0.15) is 0 Å². The second-order valence-corrected chi connectivity index (χ2v) is 4.88. The van der Waals surface area contributed by atoms with Crippen molar-refractivity contribution >= 4 is 5.91 Å². The molecule has 0 radical (unpaired) electrons. The molecule has 1 amide bonds. The average molecular weight is 226 g/mol. The average Bonchev–Trinajstić information content (AvgIpc) is 2.31. The Morgan fingerprint density at radius 3 is 2.62 bits per heavy atom. The number of hydrogen-bond donors (Lipinski definition) is 2. The van der Waals surface area contributed by atoms with E-state index in [2.05, 4.69) is 12.2 Å². The van der Waals surface area contributed by atoms with Crippen LogP contribution in [0.4, 0.5) is 0 Å². The third-order valence-electron chi connectivity index (χ3n) is 3.57. The lowest BCUT2D eigenvalue weighted by Crippen LogP contribution is -2.39. The predicted molar refractivity (Wildman–Crippen MR) is 67.1 cm³/mol. The Balaban J connectivity index is 2.29. The topological polar surface area (TPSA) is 55.1 Å². The van der Waals surface area contributed by atoms with Gasteiger partial charge < -0.3 is 11.1 Å². The Hall–Kier alpha value is -0.570. The number of carbonyl (C=O) groups excluding carboxylic acids is 1. The molecule has 16 heavy (non-hydrogen) atoms. The van der Waals surface area contributed by atoms with Gasteiger partial charge >= 0.3 is 0 Å². The molecule has 3 nitrogen and oxygen atoms in total. The highest BCUT2D eigenvalue weighted by Crippen LogP contribution is 2.19. The molecule has 0 heterocycles. The van der Waals surface area contributed by atoms with E-state index < -0.39 is 0 Å². The molecule has 0 saturated heterocycles. The van der Waals surface area contributed by atoms with Crippen molar-refractivity contribution in [2.75, 3.05) is 6.54 Å². The Morgan fingerprint density at radius 2 is 2.06 bits per heavy atom. The molecule has 1 aliphatic rings. The lowest BCUT2D eigenvalue weighted by atomic mass is 9.93. The Morgan fingerprint density at radius 1 is 1.38 bits per heavy atom. The van der Waals surface area contributed by atoms with Crippen molar-refractivity contribution in [2.24, 2.45) is 11.7 Å². The summed E-state index contributed by atoms with van der Waals surface area (Å²) in [4.78, 5) is 12.0. The van der Waals surface area contributed by atoms with Gasteiger partial charge in [0.05, 0.1) is 0 Å². The van der Waals surface area contributed by atoms with Gasteiger partial charge in [-0.3, -0.25) is 4.79 Å². The maximum Gasteiger partial charge on any atom is 0.223 e. The Kier molecular flexibility index (Phi) is 6.46. The highest BCUT2D eigenvalue weighted by atomic mass is 16.1. The lowest BCUT2D eigenvalue weighted by Gasteiger charge is -2.25. The van der Waals surface area contributed by atoms with E-state index in [4.69, 9.17) is 5.73 Å². The van der Waals surface area contributed by atoms with Crippen molar-refractivity contribution in [3.8, 4) is 0 Å². The van der Waals surface area contributed by atoms with Crippen molar-refractivity contribution in [1.29, 1.82) is 0 Å². The third-order valence-corrected chi connectivity index (χ3v) is 3.57. The largest absolute Gasteiger partial charge is 0.353 e. The minimum Gasteiger partial charge on any atom is -0.353 e. The second-order valence-electron chi connectivity index (χ2n) is 4.88. The zero-order valence-electron chi connectivity index (χ0n) is 10.5. The van der Waals surface area contributed by atoms with Gasteiger partial charge in [-0.1, -0.05) is 26.2 Å². The van der Waals surface area contributed by atoms with Gasteiger partial charge in [0, 0.05) is 12.0 Å². The van der Waals surface area contributed by atoms with Gasteiger partial charge in [0.2, 0.25) is 5.91 Å². The van der Waals surface area contributed by atoms with E-state index in [1.165, 1.54) is 32.1 Å². The van der Waals surface area contributed by atoms with E-state index in [-0.39, 0.29) is 11.8 Å². The summed E-state index contributed by atoms with van der Waals surface area (Å²) in [5, 5.41) is 3.20. The molecule has 3 heteroatoms. The maximum atomic E-state index is 12.0. The summed E-state index contributed by atoms with van der Waals surface area (Å²) in [6.45, 7) is 2.77. The van der Waals surface area contributed by atoms with Crippen molar-refractivity contribution < 1.29 is 4.79 Å². The fourth-order valence-electron chi connectivity index (χ4n) is 2.45. The summed E-state index contributed by atoms with van der Waals surface area (Å²) in [5.74, 6) is 0.424. The molecule has 1 rings (SSSR count). The van der Waals surface area contributed by atoms with Crippen LogP contribution < -0.4 is 11.1 Å². The maximum absolute atomic E-state index is 12.0. The van der Waals surface area contributed by atoms with E-state index in [9.17, 15) is 4.79 Å². The summed E-state index contributed by atoms with van der Waals surface area (Å²) in [5.41, 5.74) is 5.48. The van der Waals surface area contributed by atoms with Crippen LogP contribution in [0.2, 0.25) is 0 Å². The van der Waals surface area contributed by atoms with Crippen LogP contribution in [0.5, 0.6) is 0 Å². The fraction of sp³-hybridized carbons (Fsp3) is 0.923. The molecule has 0 aromatic rings. The molecular formula is C13H26N2O. The van der Waals surface area contributed by atoms with Gasteiger partial charge in [0.25, 0.3) is 0 Å². The molecular weight excluding hydrogens is 200 g/mol. The normalized spacial score (nSPS) is 19.4. The van der Waals surface area contributed by atoms with Crippen LogP contribution in [-0.4, -0.2) is 18.5 Å².